The summed E-state index contributed by atoms with van der Waals surface area (Å²) in [5, 5.41) is 0. The largest absolute Gasteiger partial charge is 0.460 e. The van der Waals surface area contributed by atoms with Crippen LogP contribution in [0.25, 0.3) is 0 Å². The van der Waals surface area contributed by atoms with Crippen LogP contribution in [-0.2, 0) is 18.7 Å². The smallest absolute Gasteiger partial charge is 0.302 e. The van der Waals surface area contributed by atoms with Crippen LogP contribution in [-0.4, -0.2) is 33.0 Å². The fourth-order valence-electron chi connectivity index (χ4n) is 2.57. The second-order valence-electron chi connectivity index (χ2n) is 6.68. The van der Waals surface area contributed by atoms with E-state index in [4.69, 9.17) is 13.9 Å². The number of carbonyl (C=O) groups is 1. The van der Waals surface area contributed by atoms with Gasteiger partial charge in [-0.3, -0.25) is 4.79 Å². The van der Waals surface area contributed by atoms with E-state index in [-0.39, 0.29) is 23.6 Å². The van der Waals surface area contributed by atoms with Crippen LogP contribution in [0.1, 0.15) is 47.5 Å². The van der Waals surface area contributed by atoms with Crippen molar-refractivity contribution in [1.82, 2.24) is 0 Å². The molecule has 0 N–H and O–H groups in total. The Hall–Kier alpha value is -0.393. The zero-order chi connectivity index (χ0) is 14.8. The lowest BCUT2D eigenvalue weighted by Crippen LogP contribution is -2.57. The predicted octanol–water partition coefficient (Wildman–Crippen LogP) is 2.86. The van der Waals surface area contributed by atoms with Crippen LogP contribution in [0.5, 0.6) is 0 Å². The molecular formula is C14H28O4Si. The maximum atomic E-state index is 11.1. The van der Waals surface area contributed by atoms with E-state index in [1.165, 1.54) is 6.92 Å². The zero-order valence-electron chi connectivity index (χ0n) is 13.3. The van der Waals surface area contributed by atoms with Crippen molar-refractivity contribution in [1.29, 1.82) is 0 Å². The molecule has 1 aliphatic heterocycles. The summed E-state index contributed by atoms with van der Waals surface area (Å²) < 4.78 is 17.7. The van der Waals surface area contributed by atoms with Gasteiger partial charge in [0, 0.05) is 18.8 Å². The molecule has 4 nitrogen and oxygen atoms in total. The van der Waals surface area contributed by atoms with Gasteiger partial charge in [-0.25, -0.2) is 0 Å². The van der Waals surface area contributed by atoms with Gasteiger partial charge in [-0.1, -0.05) is 20.8 Å². The Balaban J connectivity index is 2.85. The van der Waals surface area contributed by atoms with E-state index in [0.717, 1.165) is 12.8 Å². The first kappa shape index (κ1) is 16.7. The predicted molar refractivity (Wildman–Crippen MR) is 77.5 cm³/mol. The number of hydrogen-bond donors (Lipinski definition) is 0. The number of ether oxygens (including phenoxy) is 2. The van der Waals surface area contributed by atoms with Crippen LogP contribution >= 0.6 is 0 Å². The highest BCUT2D eigenvalue weighted by Gasteiger charge is 2.50. The molecule has 1 aliphatic rings. The van der Waals surface area contributed by atoms with Crippen LogP contribution < -0.4 is 0 Å². The van der Waals surface area contributed by atoms with Crippen LogP contribution in [0.4, 0.5) is 0 Å². The molecule has 0 saturated carbocycles. The minimum Gasteiger partial charge on any atom is -0.460 e. The molecule has 5 heteroatoms. The van der Waals surface area contributed by atoms with Gasteiger partial charge in [-0.2, -0.15) is 0 Å². The highest BCUT2D eigenvalue weighted by molar-refractivity contribution is 6.48. The Morgan fingerprint density at radius 1 is 1.37 bits per heavy atom. The van der Waals surface area contributed by atoms with E-state index >= 15 is 0 Å². The summed E-state index contributed by atoms with van der Waals surface area (Å²) in [4.78, 5) is 11.1. The lowest BCUT2D eigenvalue weighted by molar-refractivity contribution is -0.304. The summed E-state index contributed by atoms with van der Waals surface area (Å²) in [7, 11) is -1.22. The molecule has 0 radical (unpaired) electrons. The average molecular weight is 288 g/mol. The van der Waals surface area contributed by atoms with Gasteiger partial charge >= 0.3 is 5.97 Å². The van der Waals surface area contributed by atoms with Crippen LogP contribution in [0.3, 0.4) is 0 Å². The van der Waals surface area contributed by atoms with E-state index in [2.05, 4.69) is 33.9 Å². The van der Waals surface area contributed by atoms with Crippen molar-refractivity contribution >= 4 is 15.0 Å². The normalized spacial score (nSPS) is 32.4. The van der Waals surface area contributed by atoms with E-state index in [1.807, 2.05) is 6.92 Å². The number of carbonyl (C=O) groups excluding carboxylic acids is 1. The first-order valence-electron chi connectivity index (χ1n) is 7.10. The number of rotatable bonds is 3. The van der Waals surface area contributed by atoms with Gasteiger partial charge in [0.05, 0.1) is 6.10 Å². The maximum Gasteiger partial charge on any atom is 0.302 e. The van der Waals surface area contributed by atoms with Gasteiger partial charge in [-0.15, -0.1) is 0 Å². The van der Waals surface area contributed by atoms with Crippen LogP contribution in [0.15, 0.2) is 0 Å². The van der Waals surface area contributed by atoms with Crippen molar-refractivity contribution in [3.05, 3.63) is 0 Å². The molecule has 1 saturated heterocycles. The number of esters is 1. The van der Waals surface area contributed by atoms with Crippen LogP contribution in [0, 0.1) is 5.41 Å². The molecule has 0 unspecified atom stereocenters. The molecule has 19 heavy (non-hydrogen) atoms. The molecule has 0 amide bonds. The summed E-state index contributed by atoms with van der Waals surface area (Å²) >= 11 is 0. The molecule has 3 atom stereocenters. The SMILES string of the molecule is CC(=O)O[C@@H]1CC[C@@](O[SiH](C)C)(C(C)(C)C)O[C@H]1C. The fraction of sp³-hybridized carbons (Fsp3) is 0.929. The first-order valence-corrected chi connectivity index (χ1v) is 9.88. The molecule has 0 aromatic carbocycles. The summed E-state index contributed by atoms with van der Waals surface area (Å²) in [6.07, 6.45) is 1.26. The fourth-order valence-corrected chi connectivity index (χ4v) is 3.85. The van der Waals surface area contributed by atoms with Crippen molar-refractivity contribution in [2.45, 2.75) is 78.5 Å². The van der Waals surface area contributed by atoms with Crippen molar-refractivity contribution in [3.8, 4) is 0 Å². The van der Waals surface area contributed by atoms with Crippen molar-refractivity contribution in [2.24, 2.45) is 5.41 Å². The van der Waals surface area contributed by atoms with E-state index in [9.17, 15) is 4.79 Å². The van der Waals surface area contributed by atoms with E-state index < -0.39 is 14.8 Å². The molecule has 0 aromatic heterocycles. The maximum absolute atomic E-state index is 11.1. The lowest BCUT2D eigenvalue weighted by Gasteiger charge is -2.51. The second kappa shape index (κ2) is 5.93. The molecule has 1 heterocycles. The third kappa shape index (κ3) is 4.03. The Kier molecular flexibility index (Phi) is 5.20. The molecule has 0 aromatic rings. The van der Waals surface area contributed by atoms with Gasteiger partial charge in [0.15, 0.2) is 14.8 Å². The Morgan fingerprint density at radius 3 is 2.32 bits per heavy atom. The highest BCUT2D eigenvalue weighted by Crippen LogP contribution is 2.44. The Morgan fingerprint density at radius 2 is 1.95 bits per heavy atom. The van der Waals surface area contributed by atoms with Gasteiger partial charge in [0.1, 0.15) is 6.10 Å². The summed E-state index contributed by atoms with van der Waals surface area (Å²) in [5.74, 6) is -0.799. The molecule has 0 spiro atoms. The number of hydrogen-bond acceptors (Lipinski definition) is 4. The van der Waals surface area contributed by atoms with Gasteiger partial charge in [-0.05, 0) is 26.4 Å². The molecule has 112 valence electrons. The Labute approximate surface area is 118 Å². The van der Waals surface area contributed by atoms with Crippen LogP contribution in [0.2, 0.25) is 13.1 Å². The first-order chi connectivity index (χ1) is 8.57. The van der Waals surface area contributed by atoms with E-state index in [1.54, 1.807) is 0 Å². The van der Waals surface area contributed by atoms with Crippen molar-refractivity contribution < 1.29 is 18.7 Å². The van der Waals surface area contributed by atoms with E-state index in [0.29, 0.717) is 0 Å². The molecule has 1 rings (SSSR count). The third-order valence-electron chi connectivity index (χ3n) is 3.54. The minimum atomic E-state index is -1.22. The third-order valence-corrected chi connectivity index (χ3v) is 4.40. The molecule has 0 aliphatic carbocycles. The quantitative estimate of drug-likeness (QED) is 0.592. The van der Waals surface area contributed by atoms with Gasteiger partial charge < -0.3 is 13.9 Å². The van der Waals surface area contributed by atoms with Crippen molar-refractivity contribution in [3.63, 3.8) is 0 Å². The van der Waals surface area contributed by atoms with Gasteiger partial charge in [0.2, 0.25) is 0 Å². The summed E-state index contributed by atoms with van der Waals surface area (Å²) in [6.45, 7) is 14.1. The zero-order valence-corrected chi connectivity index (χ0v) is 14.4. The minimum absolute atomic E-state index is 0.0975. The lowest BCUT2D eigenvalue weighted by atomic mass is 9.80. The molecule has 1 fully saturated rings. The molecular weight excluding hydrogens is 260 g/mol. The second-order valence-corrected chi connectivity index (χ2v) is 9.01. The molecule has 0 bridgehead atoms. The Bertz CT molecular complexity index is 324. The van der Waals surface area contributed by atoms with Gasteiger partial charge in [0.25, 0.3) is 0 Å². The highest BCUT2D eigenvalue weighted by atomic mass is 28.3. The summed E-state index contributed by atoms with van der Waals surface area (Å²) in [6, 6.07) is 0. The average Bonchev–Trinajstić information content (AvgIpc) is 2.19. The topological polar surface area (TPSA) is 44.8 Å². The monoisotopic (exact) mass is 288 g/mol. The summed E-state index contributed by atoms with van der Waals surface area (Å²) in [5.41, 5.74) is -0.0975. The van der Waals surface area contributed by atoms with Crippen molar-refractivity contribution in [2.75, 3.05) is 0 Å². The standard InChI is InChI=1S/C14H28O4Si/c1-10-12(16-11(2)15)8-9-14(17-10,13(3,4)5)18-19(6)7/h10,12,19H,8-9H2,1-7H3/t10-,12+,14+/m0/s1.